The standard InChI is InChI=1S/C19H30N2/c1-2-13-20-18-11-7-10-17(18)15-21-14-6-5-9-16-8-3-4-12-19(16)21/h3-4,8,12,17-18,20H,2,5-7,9-11,13-15H2,1H3. The number of hydrogen-bond acceptors (Lipinski definition) is 2. The van der Waals surface area contributed by atoms with E-state index in [9.17, 15) is 0 Å². The minimum Gasteiger partial charge on any atom is -0.371 e. The van der Waals surface area contributed by atoms with Crippen molar-refractivity contribution in [1.29, 1.82) is 0 Å². The van der Waals surface area contributed by atoms with Crippen LogP contribution < -0.4 is 10.2 Å². The molecule has 1 aliphatic carbocycles. The number of nitrogens with one attached hydrogen (secondary N) is 1. The first kappa shape index (κ1) is 14.9. The van der Waals surface area contributed by atoms with Gasteiger partial charge in [0.1, 0.15) is 0 Å². The minimum atomic E-state index is 0.750. The van der Waals surface area contributed by atoms with Gasteiger partial charge in [-0.25, -0.2) is 0 Å². The zero-order chi connectivity index (χ0) is 14.5. The van der Waals surface area contributed by atoms with Crippen LogP contribution in [0.3, 0.4) is 0 Å². The molecule has 2 nitrogen and oxygen atoms in total. The van der Waals surface area contributed by atoms with E-state index in [1.165, 1.54) is 70.3 Å². The molecule has 1 fully saturated rings. The Morgan fingerprint density at radius 1 is 1.14 bits per heavy atom. The topological polar surface area (TPSA) is 15.3 Å². The van der Waals surface area contributed by atoms with Crippen LogP contribution in [-0.4, -0.2) is 25.7 Å². The predicted molar refractivity (Wildman–Crippen MR) is 91.0 cm³/mol. The van der Waals surface area contributed by atoms with Crippen molar-refractivity contribution in [3.63, 3.8) is 0 Å². The number of aryl methyl sites for hydroxylation is 1. The molecule has 2 unspecified atom stereocenters. The number of nitrogens with zero attached hydrogens (tertiary/aromatic N) is 1. The van der Waals surface area contributed by atoms with Crippen LogP contribution >= 0.6 is 0 Å². The summed E-state index contributed by atoms with van der Waals surface area (Å²) in [7, 11) is 0. The summed E-state index contributed by atoms with van der Waals surface area (Å²) in [6, 6.07) is 9.82. The highest BCUT2D eigenvalue weighted by Gasteiger charge is 2.29. The van der Waals surface area contributed by atoms with Gasteiger partial charge < -0.3 is 10.2 Å². The van der Waals surface area contributed by atoms with E-state index in [-0.39, 0.29) is 0 Å². The molecule has 0 saturated heterocycles. The van der Waals surface area contributed by atoms with Crippen LogP contribution in [0.1, 0.15) is 51.0 Å². The van der Waals surface area contributed by atoms with Gasteiger partial charge in [0.15, 0.2) is 0 Å². The molecule has 0 amide bonds. The molecule has 0 spiro atoms. The second-order valence-electron chi connectivity index (χ2n) is 6.78. The molecule has 1 aromatic carbocycles. The summed E-state index contributed by atoms with van der Waals surface area (Å²) in [5, 5.41) is 3.78. The summed E-state index contributed by atoms with van der Waals surface area (Å²) < 4.78 is 0. The molecule has 2 heteroatoms. The normalized spacial score (nSPS) is 25.7. The maximum atomic E-state index is 3.78. The zero-order valence-electron chi connectivity index (χ0n) is 13.5. The number of rotatable bonds is 5. The average Bonchev–Trinajstić information content (AvgIpc) is 2.85. The molecule has 1 saturated carbocycles. The second kappa shape index (κ2) is 7.31. The number of benzene rings is 1. The maximum absolute atomic E-state index is 3.78. The quantitative estimate of drug-likeness (QED) is 0.880. The van der Waals surface area contributed by atoms with Gasteiger partial charge in [-0.1, -0.05) is 31.5 Å². The monoisotopic (exact) mass is 286 g/mol. The Morgan fingerprint density at radius 3 is 2.95 bits per heavy atom. The Balaban J connectivity index is 1.69. The lowest BCUT2D eigenvalue weighted by Gasteiger charge is -2.31. The van der Waals surface area contributed by atoms with Gasteiger partial charge in [0, 0.05) is 24.8 Å². The van der Waals surface area contributed by atoms with Gasteiger partial charge in [0.25, 0.3) is 0 Å². The Bertz CT molecular complexity index is 443. The third kappa shape index (κ3) is 3.60. The van der Waals surface area contributed by atoms with Gasteiger partial charge in [-0.2, -0.15) is 0 Å². The molecule has 3 rings (SSSR count). The maximum Gasteiger partial charge on any atom is 0.0398 e. The summed E-state index contributed by atoms with van der Waals surface area (Å²) in [6.07, 6.45) is 9.37. The van der Waals surface area contributed by atoms with Gasteiger partial charge in [-0.3, -0.25) is 0 Å². The van der Waals surface area contributed by atoms with Crippen molar-refractivity contribution < 1.29 is 0 Å². The highest BCUT2D eigenvalue weighted by Crippen LogP contribution is 2.31. The van der Waals surface area contributed by atoms with Crippen LogP contribution in [-0.2, 0) is 6.42 Å². The first-order valence-corrected chi connectivity index (χ1v) is 8.94. The fourth-order valence-electron chi connectivity index (χ4n) is 4.10. The number of para-hydroxylation sites is 1. The van der Waals surface area contributed by atoms with Gasteiger partial charge in [-0.15, -0.1) is 0 Å². The van der Waals surface area contributed by atoms with Crippen LogP contribution in [0.5, 0.6) is 0 Å². The molecule has 1 N–H and O–H groups in total. The molecule has 21 heavy (non-hydrogen) atoms. The second-order valence-corrected chi connectivity index (χ2v) is 6.78. The number of fused-ring (bicyclic) bond motifs is 1. The Hall–Kier alpha value is -1.02. The van der Waals surface area contributed by atoms with Crippen LogP contribution in [0.2, 0.25) is 0 Å². The first-order valence-electron chi connectivity index (χ1n) is 8.94. The van der Waals surface area contributed by atoms with E-state index >= 15 is 0 Å². The van der Waals surface area contributed by atoms with E-state index in [1.807, 2.05) is 0 Å². The van der Waals surface area contributed by atoms with E-state index in [0.29, 0.717) is 0 Å². The lowest BCUT2D eigenvalue weighted by molar-refractivity contribution is 0.398. The van der Waals surface area contributed by atoms with E-state index in [4.69, 9.17) is 0 Å². The lowest BCUT2D eigenvalue weighted by atomic mass is 10.0. The minimum absolute atomic E-state index is 0.750. The highest BCUT2D eigenvalue weighted by molar-refractivity contribution is 5.54. The van der Waals surface area contributed by atoms with Gasteiger partial charge >= 0.3 is 0 Å². The smallest absolute Gasteiger partial charge is 0.0398 e. The fraction of sp³-hybridized carbons (Fsp3) is 0.684. The fourth-order valence-corrected chi connectivity index (χ4v) is 4.10. The lowest BCUT2D eigenvalue weighted by Crippen LogP contribution is -2.40. The van der Waals surface area contributed by atoms with Gasteiger partial charge in [0.05, 0.1) is 0 Å². The van der Waals surface area contributed by atoms with Crippen molar-refractivity contribution in [2.45, 2.75) is 57.9 Å². The summed E-state index contributed by atoms with van der Waals surface area (Å²) in [5.74, 6) is 0.836. The third-order valence-corrected chi connectivity index (χ3v) is 5.23. The summed E-state index contributed by atoms with van der Waals surface area (Å²) >= 11 is 0. The largest absolute Gasteiger partial charge is 0.371 e. The van der Waals surface area contributed by atoms with Crippen LogP contribution in [0, 0.1) is 5.92 Å². The van der Waals surface area contributed by atoms with Crippen LogP contribution in [0.25, 0.3) is 0 Å². The van der Waals surface area contributed by atoms with Crippen molar-refractivity contribution in [3.05, 3.63) is 29.8 Å². The Morgan fingerprint density at radius 2 is 2.05 bits per heavy atom. The summed E-state index contributed by atoms with van der Waals surface area (Å²) in [5.41, 5.74) is 3.07. The van der Waals surface area contributed by atoms with E-state index in [2.05, 4.69) is 41.4 Å². The molecule has 1 aliphatic heterocycles. The average molecular weight is 286 g/mol. The molecule has 2 aliphatic rings. The molecule has 2 atom stereocenters. The SMILES string of the molecule is CCCNC1CCCC1CN1CCCCc2ccccc21. The molecule has 1 aromatic rings. The highest BCUT2D eigenvalue weighted by atomic mass is 15.1. The number of anilines is 1. The van der Waals surface area contributed by atoms with Crippen molar-refractivity contribution in [2.24, 2.45) is 5.92 Å². The van der Waals surface area contributed by atoms with Crippen molar-refractivity contribution >= 4 is 5.69 Å². The van der Waals surface area contributed by atoms with Crippen molar-refractivity contribution in [1.82, 2.24) is 5.32 Å². The van der Waals surface area contributed by atoms with Gasteiger partial charge in [-0.05, 0) is 62.6 Å². The molecule has 0 aromatic heterocycles. The zero-order valence-corrected chi connectivity index (χ0v) is 13.5. The third-order valence-electron chi connectivity index (χ3n) is 5.23. The first-order chi connectivity index (χ1) is 10.4. The molecular formula is C19H30N2. The van der Waals surface area contributed by atoms with E-state index in [0.717, 1.165) is 12.0 Å². The molecule has 1 heterocycles. The van der Waals surface area contributed by atoms with Gasteiger partial charge in [0.2, 0.25) is 0 Å². The molecule has 0 radical (unpaired) electrons. The summed E-state index contributed by atoms with van der Waals surface area (Å²) in [4.78, 5) is 2.68. The summed E-state index contributed by atoms with van der Waals surface area (Å²) in [6.45, 7) is 5.94. The van der Waals surface area contributed by atoms with E-state index in [1.54, 1.807) is 5.56 Å². The van der Waals surface area contributed by atoms with Crippen LogP contribution in [0.4, 0.5) is 5.69 Å². The van der Waals surface area contributed by atoms with Crippen molar-refractivity contribution in [3.8, 4) is 0 Å². The number of hydrogen-bond donors (Lipinski definition) is 1. The van der Waals surface area contributed by atoms with Crippen molar-refractivity contribution in [2.75, 3.05) is 24.5 Å². The van der Waals surface area contributed by atoms with E-state index < -0.39 is 0 Å². The Kier molecular flexibility index (Phi) is 5.18. The Labute approximate surface area is 129 Å². The molecular weight excluding hydrogens is 256 g/mol. The van der Waals surface area contributed by atoms with Crippen LogP contribution in [0.15, 0.2) is 24.3 Å². The predicted octanol–water partition coefficient (Wildman–Crippen LogP) is 4.00. The molecule has 116 valence electrons. The molecule has 0 bridgehead atoms.